The lowest BCUT2D eigenvalue weighted by Gasteiger charge is -2.36. The Labute approximate surface area is 140 Å². The largest absolute Gasteiger partial charge is 0.496 e. The van der Waals surface area contributed by atoms with Crippen molar-refractivity contribution >= 4 is 22.4 Å². The standard InChI is InChI=1S/C20H18N2O2/c1-22-19(21-16-10-6-5-9-15(16)20(22)23)18-14-8-4-3-7-13(14)11-12-17(18)24-2/h3-12,19,21H,1-2H3. The maximum Gasteiger partial charge on any atom is 0.257 e. The van der Waals surface area contributed by atoms with E-state index in [2.05, 4.69) is 17.4 Å². The van der Waals surface area contributed by atoms with E-state index in [0.717, 1.165) is 27.8 Å². The van der Waals surface area contributed by atoms with Gasteiger partial charge in [-0.2, -0.15) is 0 Å². The SMILES string of the molecule is COc1ccc2ccccc2c1C1Nc2ccccc2C(=O)N1C. The van der Waals surface area contributed by atoms with Crippen LogP contribution in [0.5, 0.6) is 5.75 Å². The van der Waals surface area contributed by atoms with Crippen molar-refractivity contribution in [2.75, 3.05) is 19.5 Å². The molecule has 1 heterocycles. The molecule has 4 heteroatoms. The summed E-state index contributed by atoms with van der Waals surface area (Å²) in [6.07, 6.45) is -0.284. The Morgan fingerprint density at radius 3 is 2.58 bits per heavy atom. The van der Waals surface area contributed by atoms with E-state index in [1.807, 2.05) is 55.6 Å². The molecule has 3 aromatic carbocycles. The number of anilines is 1. The minimum absolute atomic E-state index is 0.00402. The first-order chi connectivity index (χ1) is 11.7. The van der Waals surface area contributed by atoms with E-state index >= 15 is 0 Å². The van der Waals surface area contributed by atoms with Gasteiger partial charge in [-0.1, -0.05) is 42.5 Å². The molecule has 4 nitrogen and oxygen atoms in total. The fourth-order valence-electron chi connectivity index (χ4n) is 3.35. The molecule has 1 unspecified atom stereocenters. The average molecular weight is 318 g/mol. The molecule has 1 N–H and O–H groups in total. The third-order valence-corrected chi connectivity index (χ3v) is 4.58. The third-order valence-electron chi connectivity index (χ3n) is 4.58. The van der Waals surface area contributed by atoms with Crippen LogP contribution in [0.2, 0.25) is 0 Å². The number of amides is 1. The lowest BCUT2D eigenvalue weighted by atomic mass is 9.98. The Morgan fingerprint density at radius 1 is 1.00 bits per heavy atom. The number of para-hydroxylation sites is 1. The van der Waals surface area contributed by atoms with Crippen LogP contribution in [-0.2, 0) is 0 Å². The second-order valence-electron chi connectivity index (χ2n) is 5.91. The summed E-state index contributed by atoms with van der Waals surface area (Å²) >= 11 is 0. The molecule has 4 rings (SSSR count). The van der Waals surface area contributed by atoms with Gasteiger partial charge in [0.05, 0.1) is 12.7 Å². The van der Waals surface area contributed by atoms with E-state index in [9.17, 15) is 4.79 Å². The molecule has 0 saturated carbocycles. The molecule has 1 atom stereocenters. The van der Waals surface area contributed by atoms with Crippen LogP contribution < -0.4 is 10.1 Å². The van der Waals surface area contributed by atoms with Crippen LogP contribution in [0.4, 0.5) is 5.69 Å². The highest BCUT2D eigenvalue weighted by Crippen LogP contribution is 2.39. The lowest BCUT2D eigenvalue weighted by Crippen LogP contribution is -2.40. The molecule has 0 saturated heterocycles. The van der Waals surface area contributed by atoms with Gasteiger partial charge in [0, 0.05) is 18.3 Å². The monoisotopic (exact) mass is 318 g/mol. The molecule has 0 fully saturated rings. The number of nitrogens with one attached hydrogen (secondary N) is 1. The van der Waals surface area contributed by atoms with Crippen molar-refractivity contribution in [2.45, 2.75) is 6.17 Å². The molecule has 1 amide bonds. The van der Waals surface area contributed by atoms with Gasteiger partial charge in [0.15, 0.2) is 0 Å². The van der Waals surface area contributed by atoms with Gasteiger partial charge in [-0.25, -0.2) is 0 Å². The number of rotatable bonds is 2. The Hall–Kier alpha value is -3.01. The van der Waals surface area contributed by atoms with Gasteiger partial charge in [-0.15, -0.1) is 0 Å². The number of benzene rings is 3. The first-order valence-electron chi connectivity index (χ1n) is 7.89. The molecule has 3 aromatic rings. The van der Waals surface area contributed by atoms with E-state index in [-0.39, 0.29) is 12.1 Å². The van der Waals surface area contributed by atoms with Crippen LogP contribution in [0, 0.1) is 0 Å². The number of carbonyl (C=O) groups excluding carboxylic acids is 1. The molecule has 120 valence electrons. The molecule has 24 heavy (non-hydrogen) atoms. The van der Waals surface area contributed by atoms with Crippen LogP contribution >= 0.6 is 0 Å². The minimum atomic E-state index is -0.284. The summed E-state index contributed by atoms with van der Waals surface area (Å²) in [5.41, 5.74) is 2.51. The van der Waals surface area contributed by atoms with Crippen LogP contribution in [0.1, 0.15) is 22.1 Å². The van der Waals surface area contributed by atoms with Crippen molar-refractivity contribution in [3.8, 4) is 5.75 Å². The van der Waals surface area contributed by atoms with Crippen molar-refractivity contribution < 1.29 is 9.53 Å². The summed E-state index contributed by atoms with van der Waals surface area (Å²) in [5, 5.41) is 5.68. The van der Waals surface area contributed by atoms with Gasteiger partial charge in [-0.3, -0.25) is 4.79 Å². The topological polar surface area (TPSA) is 41.6 Å². The molecular weight excluding hydrogens is 300 g/mol. The third kappa shape index (κ3) is 2.11. The Kier molecular flexibility index (Phi) is 3.38. The first kappa shape index (κ1) is 14.6. The Balaban J connectivity index is 1.93. The van der Waals surface area contributed by atoms with Crippen molar-refractivity contribution in [1.29, 1.82) is 0 Å². The predicted molar refractivity (Wildman–Crippen MR) is 95.4 cm³/mol. The van der Waals surface area contributed by atoms with Gasteiger partial charge in [0.25, 0.3) is 5.91 Å². The fraction of sp³-hybridized carbons (Fsp3) is 0.150. The number of ether oxygens (including phenoxy) is 1. The maximum absolute atomic E-state index is 12.8. The number of hydrogen-bond acceptors (Lipinski definition) is 3. The average Bonchev–Trinajstić information content (AvgIpc) is 2.64. The van der Waals surface area contributed by atoms with Crippen LogP contribution in [0.15, 0.2) is 60.7 Å². The summed E-state index contributed by atoms with van der Waals surface area (Å²) in [4.78, 5) is 14.5. The Bertz CT molecular complexity index is 936. The van der Waals surface area contributed by atoms with Crippen LogP contribution in [0.25, 0.3) is 10.8 Å². The van der Waals surface area contributed by atoms with E-state index < -0.39 is 0 Å². The van der Waals surface area contributed by atoms with Crippen molar-refractivity contribution in [3.63, 3.8) is 0 Å². The Morgan fingerprint density at radius 2 is 1.75 bits per heavy atom. The van der Waals surface area contributed by atoms with Crippen LogP contribution in [0.3, 0.4) is 0 Å². The highest BCUT2D eigenvalue weighted by atomic mass is 16.5. The summed E-state index contributed by atoms with van der Waals surface area (Å²) in [6.45, 7) is 0. The normalized spacial score (nSPS) is 16.7. The first-order valence-corrected chi connectivity index (χ1v) is 7.89. The number of nitrogens with zero attached hydrogens (tertiary/aromatic N) is 1. The van der Waals surface area contributed by atoms with E-state index in [4.69, 9.17) is 4.74 Å². The maximum atomic E-state index is 12.8. The van der Waals surface area contributed by atoms with E-state index in [0.29, 0.717) is 5.56 Å². The molecule has 1 aliphatic heterocycles. The van der Waals surface area contributed by atoms with Gasteiger partial charge in [-0.05, 0) is 29.0 Å². The highest BCUT2D eigenvalue weighted by Gasteiger charge is 2.32. The minimum Gasteiger partial charge on any atom is -0.496 e. The van der Waals surface area contributed by atoms with Gasteiger partial charge < -0.3 is 15.0 Å². The second-order valence-corrected chi connectivity index (χ2v) is 5.91. The molecule has 1 aliphatic rings. The van der Waals surface area contributed by atoms with Crippen molar-refractivity contribution in [2.24, 2.45) is 0 Å². The molecule has 0 aromatic heterocycles. The molecule has 0 spiro atoms. The number of fused-ring (bicyclic) bond motifs is 2. The summed E-state index contributed by atoms with van der Waals surface area (Å²) in [7, 11) is 3.48. The van der Waals surface area contributed by atoms with Crippen molar-refractivity contribution in [3.05, 3.63) is 71.8 Å². The smallest absolute Gasteiger partial charge is 0.257 e. The predicted octanol–water partition coefficient (Wildman–Crippen LogP) is 4.04. The summed E-state index contributed by atoms with van der Waals surface area (Å²) in [6, 6.07) is 19.7. The lowest BCUT2D eigenvalue weighted by molar-refractivity contribution is 0.0735. The number of methoxy groups -OCH3 is 1. The van der Waals surface area contributed by atoms with Gasteiger partial charge >= 0.3 is 0 Å². The number of hydrogen-bond donors (Lipinski definition) is 1. The van der Waals surface area contributed by atoms with Crippen molar-refractivity contribution in [1.82, 2.24) is 4.90 Å². The zero-order valence-electron chi connectivity index (χ0n) is 13.6. The summed E-state index contributed by atoms with van der Waals surface area (Å²) < 4.78 is 5.60. The molecule has 0 bridgehead atoms. The second kappa shape index (κ2) is 5.57. The zero-order chi connectivity index (χ0) is 16.7. The van der Waals surface area contributed by atoms with E-state index in [1.54, 1.807) is 12.0 Å². The zero-order valence-corrected chi connectivity index (χ0v) is 13.6. The molecule has 0 radical (unpaired) electrons. The molecule has 0 aliphatic carbocycles. The van der Waals surface area contributed by atoms with E-state index in [1.165, 1.54) is 0 Å². The molecular formula is C20H18N2O2. The van der Waals surface area contributed by atoms with Gasteiger partial charge in [0.2, 0.25) is 0 Å². The quantitative estimate of drug-likeness (QED) is 0.775. The fourth-order valence-corrected chi connectivity index (χ4v) is 3.35. The number of carbonyl (C=O) groups is 1. The summed E-state index contributed by atoms with van der Waals surface area (Å²) in [5.74, 6) is 0.773. The highest BCUT2D eigenvalue weighted by molar-refractivity contribution is 6.02. The van der Waals surface area contributed by atoms with Gasteiger partial charge in [0.1, 0.15) is 11.9 Å². The van der Waals surface area contributed by atoms with Crippen LogP contribution in [-0.4, -0.2) is 25.0 Å².